The molecular weight excluding hydrogens is 521 g/mol. The number of halogens is 3. The van der Waals surface area contributed by atoms with E-state index < -0.39 is 18.0 Å². The number of aromatic amines is 1. The number of hydrogen-bond acceptors (Lipinski definition) is 6. The van der Waals surface area contributed by atoms with E-state index in [4.69, 9.17) is 9.72 Å². The molecular formula is C26H19F3N4O4S. The van der Waals surface area contributed by atoms with Crippen LogP contribution in [0.5, 0.6) is 11.5 Å². The number of rotatable bonds is 7. The minimum atomic E-state index is -4.81. The van der Waals surface area contributed by atoms with Crippen LogP contribution in [0.1, 0.15) is 0 Å². The maximum atomic E-state index is 13.6. The van der Waals surface area contributed by atoms with E-state index in [0.717, 1.165) is 34.8 Å². The first-order chi connectivity index (χ1) is 18.2. The Hall–Kier alpha value is -4.45. The van der Waals surface area contributed by atoms with Crippen LogP contribution in [0.15, 0.2) is 82.7 Å². The van der Waals surface area contributed by atoms with Crippen LogP contribution in [-0.4, -0.2) is 39.7 Å². The fourth-order valence-corrected chi connectivity index (χ4v) is 4.67. The number of hydrogen-bond donors (Lipinski definition) is 2. The van der Waals surface area contributed by atoms with E-state index in [1.54, 1.807) is 24.3 Å². The summed E-state index contributed by atoms with van der Waals surface area (Å²) >= 11 is 1.05. The second-order valence-corrected chi connectivity index (χ2v) is 8.98. The third-order valence-corrected chi connectivity index (χ3v) is 6.47. The third-order valence-electron chi connectivity index (χ3n) is 5.53. The zero-order valence-corrected chi connectivity index (χ0v) is 20.5. The number of benzene rings is 3. The summed E-state index contributed by atoms with van der Waals surface area (Å²) in [5.74, 6) is -0.336. The van der Waals surface area contributed by atoms with E-state index in [1.807, 2.05) is 24.3 Å². The maximum absolute atomic E-state index is 13.6. The van der Waals surface area contributed by atoms with Gasteiger partial charge in [-0.1, -0.05) is 30.0 Å². The Labute approximate surface area is 217 Å². The van der Waals surface area contributed by atoms with Crippen LogP contribution in [0.4, 0.5) is 18.9 Å². The molecule has 0 unspecified atom stereocenters. The van der Waals surface area contributed by atoms with Crippen LogP contribution in [0, 0.1) is 0 Å². The molecule has 2 aromatic heterocycles. The lowest BCUT2D eigenvalue weighted by Crippen LogP contribution is -2.23. The van der Waals surface area contributed by atoms with Gasteiger partial charge in [0.2, 0.25) is 5.91 Å². The Morgan fingerprint density at radius 1 is 1.03 bits per heavy atom. The van der Waals surface area contributed by atoms with Gasteiger partial charge in [0, 0.05) is 16.6 Å². The van der Waals surface area contributed by atoms with Crippen LogP contribution in [0.25, 0.3) is 27.6 Å². The van der Waals surface area contributed by atoms with Crippen molar-refractivity contribution in [2.45, 2.75) is 11.5 Å². The standard InChI is InChI=1S/C26H19F3N4O4S/c1-36-17-12-8-16(9-13-17)33-24(35)23-22(19-4-2-3-5-20(19)31-23)32-25(33)38-14-21(34)30-15-6-10-18(11-7-15)37-26(27,28)29/h2-13,31H,14H2,1H3,(H,30,34). The number of fused-ring (bicyclic) bond motifs is 3. The Balaban J connectivity index is 1.44. The molecule has 194 valence electrons. The van der Waals surface area contributed by atoms with Crippen LogP contribution >= 0.6 is 11.8 Å². The van der Waals surface area contributed by atoms with E-state index in [2.05, 4.69) is 15.0 Å². The Morgan fingerprint density at radius 2 is 1.71 bits per heavy atom. The largest absolute Gasteiger partial charge is 0.573 e. The molecule has 0 aliphatic heterocycles. The van der Waals surface area contributed by atoms with Gasteiger partial charge in [-0.05, 0) is 54.6 Å². The van der Waals surface area contributed by atoms with Crippen molar-refractivity contribution < 1.29 is 27.4 Å². The van der Waals surface area contributed by atoms with Crippen LogP contribution in [0.3, 0.4) is 0 Å². The summed E-state index contributed by atoms with van der Waals surface area (Å²) < 4.78 is 47.6. The Morgan fingerprint density at radius 3 is 2.39 bits per heavy atom. The van der Waals surface area contributed by atoms with Crippen molar-refractivity contribution >= 4 is 45.3 Å². The molecule has 0 radical (unpaired) electrons. The molecule has 0 aliphatic carbocycles. The van der Waals surface area contributed by atoms with Crippen molar-refractivity contribution in [3.8, 4) is 17.2 Å². The molecule has 0 bridgehead atoms. The number of aromatic nitrogens is 3. The summed E-state index contributed by atoms with van der Waals surface area (Å²) in [5.41, 5.74) is 2.06. The number of H-pyrrole nitrogens is 1. The number of para-hydroxylation sites is 1. The molecule has 2 N–H and O–H groups in total. The molecule has 0 spiro atoms. The molecule has 2 heterocycles. The summed E-state index contributed by atoms with van der Waals surface area (Å²) in [6, 6.07) is 19.0. The molecule has 38 heavy (non-hydrogen) atoms. The second kappa shape index (κ2) is 10.1. The van der Waals surface area contributed by atoms with E-state index >= 15 is 0 Å². The van der Waals surface area contributed by atoms with Crippen LogP contribution in [-0.2, 0) is 4.79 Å². The smallest absolute Gasteiger partial charge is 0.497 e. The number of nitrogens with zero attached hydrogens (tertiary/aromatic N) is 2. The summed E-state index contributed by atoms with van der Waals surface area (Å²) in [7, 11) is 1.54. The van der Waals surface area contributed by atoms with E-state index in [-0.39, 0.29) is 17.0 Å². The average Bonchev–Trinajstić information content (AvgIpc) is 3.27. The van der Waals surface area contributed by atoms with Gasteiger partial charge in [-0.2, -0.15) is 0 Å². The number of thioether (sulfide) groups is 1. The summed E-state index contributed by atoms with van der Waals surface area (Å²) in [5, 5.41) is 3.68. The maximum Gasteiger partial charge on any atom is 0.573 e. The lowest BCUT2D eigenvalue weighted by molar-refractivity contribution is -0.274. The zero-order chi connectivity index (χ0) is 26.9. The van der Waals surface area contributed by atoms with Crippen molar-refractivity contribution in [1.29, 1.82) is 0 Å². The number of nitrogens with one attached hydrogen (secondary N) is 2. The number of anilines is 1. The average molecular weight is 541 g/mol. The number of ether oxygens (including phenoxy) is 2. The Bertz CT molecular complexity index is 1680. The molecule has 12 heteroatoms. The van der Waals surface area contributed by atoms with E-state index in [9.17, 15) is 22.8 Å². The molecule has 3 aromatic carbocycles. The fourth-order valence-electron chi connectivity index (χ4n) is 3.87. The topological polar surface area (TPSA) is 98.2 Å². The van der Waals surface area contributed by atoms with Crippen LogP contribution < -0.4 is 20.3 Å². The number of carbonyl (C=O) groups is 1. The van der Waals surface area contributed by atoms with Gasteiger partial charge in [-0.15, -0.1) is 13.2 Å². The first-order valence-corrected chi connectivity index (χ1v) is 12.2. The SMILES string of the molecule is COc1ccc(-n2c(SCC(=O)Nc3ccc(OC(F)(F)F)cc3)nc3c([nH]c4ccccc43)c2=O)cc1. The highest BCUT2D eigenvalue weighted by atomic mass is 32.2. The number of methoxy groups -OCH3 is 1. The molecule has 0 aliphatic rings. The Kier molecular flexibility index (Phi) is 6.72. The first-order valence-electron chi connectivity index (χ1n) is 11.2. The highest BCUT2D eigenvalue weighted by Gasteiger charge is 2.31. The quantitative estimate of drug-likeness (QED) is 0.209. The lowest BCUT2D eigenvalue weighted by Gasteiger charge is -2.13. The first kappa shape index (κ1) is 25.2. The molecule has 0 atom stereocenters. The molecule has 8 nitrogen and oxygen atoms in total. The molecule has 5 rings (SSSR count). The number of amides is 1. The molecule has 1 amide bonds. The summed E-state index contributed by atoms with van der Waals surface area (Å²) in [6.07, 6.45) is -4.81. The van der Waals surface area contributed by atoms with Gasteiger partial charge in [-0.3, -0.25) is 14.2 Å². The van der Waals surface area contributed by atoms with Crippen molar-refractivity contribution in [3.05, 3.63) is 83.2 Å². The van der Waals surface area contributed by atoms with E-state index in [0.29, 0.717) is 27.6 Å². The van der Waals surface area contributed by atoms with Gasteiger partial charge in [-0.25, -0.2) is 4.98 Å². The fraction of sp³-hybridized carbons (Fsp3) is 0.115. The van der Waals surface area contributed by atoms with Gasteiger partial charge in [0.1, 0.15) is 22.5 Å². The summed E-state index contributed by atoms with van der Waals surface area (Å²) in [4.78, 5) is 34.1. The van der Waals surface area contributed by atoms with Crippen molar-refractivity contribution in [1.82, 2.24) is 14.5 Å². The zero-order valence-electron chi connectivity index (χ0n) is 19.7. The predicted molar refractivity (Wildman–Crippen MR) is 138 cm³/mol. The van der Waals surface area contributed by atoms with Crippen molar-refractivity contribution in [2.24, 2.45) is 0 Å². The van der Waals surface area contributed by atoms with Crippen molar-refractivity contribution in [3.63, 3.8) is 0 Å². The lowest BCUT2D eigenvalue weighted by atomic mass is 10.2. The molecule has 0 fully saturated rings. The van der Waals surface area contributed by atoms with Gasteiger partial charge in [0.25, 0.3) is 5.56 Å². The molecule has 0 saturated heterocycles. The van der Waals surface area contributed by atoms with Crippen molar-refractivity contribution in [2.75, 3.05) is 18.2 Å². The minimum Gasteiger partial charge on any atom is -0.497 e. The van der Waals surface area contributed by atoms with Gasteiger partial charge in [0.15, 0.2) is 5.16 Å². The summed E-state index contributed by atoms with van der Waals surface area (Å²) in [6.45, 7) is 0. The molecule has 0 saturated carbocycles. The van der Waals surface area contributed by atoms with Gasteiger partial charge >= 0.3 is 6.36 Å². The monoisotopic (exact) mass is 540 g/mol. The highest BCUT2D eigenvalue weighted by Crippen LogP contribution is 2.28. The number of carbonyl (C=O) groups excluding carboxylic acids is 1. The minimum absolute atomic E-state index is 0.114. The third kappa shape index (κ3) is 5.30. The second-order valence-electron chi connectivity index (χ2n) is 8.04. The highest BCUT2D eigenvalue weighted by molar-refractivity contribution is 7.99. The van der Waals surface area contributed by atoms with E-state index in [1.165, 1.54) is 23.8 Å². The van der Waals surface area contributed by atoms with Crippen LogP contribution in [0.2, 0.25) is 0 Å². The molecule has 5 aromatic rings. The normalized spacial score (nSPS) is 11.6. The number of alkyl halides is 3. The van der Waals surface area contributed by atoms with Gasteiger partial charge in [0.05, 0.1) is 18.6 Å². The van der Waals surface area contributed by atoms with Gasteiger partial charge < -0.3 is 19.8 Å². The predicted octanol–water partition coefficient (Wildman–Crippen LogP) is 5.51.